The molecule has 0 spiro atoms. The summed E-state index contributed by atoms with van der Waals surface area (Å²) in [7, 11) is 0. The Morgan fingerprint density at radius 1 is 1.54 bits per heavy atom. The summed E-state index contributed by atoms with van der Waals surface area (Å²) in [5.41, 5.74) is 0.712. The Kier molecular flexibility index (Phi) is 2.33. The van der Waals surface area contributed by atoms with Gasteiger partial charge in [0.1, 0.15) is 5.75 Å². The number of halogens is 2. The third-order valence-electron chi connectivity index (χ3n) is 1.70. The Hall–Kier alpha value is -0.490. The van der Waals surface area contributed by atoms with Crippen molar-refractivity contribution in [3.8, 4) is 5.75 Å². The predicted molar refractivity (Wildman–Crippen MR) is 58.5 cm³/mol. The van der Waals surface area contributed by atoms with Crippen LogP contribution in [-0.2, 0) is 4.79 Å². The first-order valence-corrected chi connectivity index (χ1v) is 4.94. The first-order chi connectivity index (χ1) is 6.18. The number of amides is 1. The number of fused-ring (bicyclic) bond motifs is 1. The van der Waals surface area contributed by atoms with E-state index in [0.717, 1.165) is 0 Å². The molecular weight excluding hydrogens is 304 g/mol. The smallest absolute Gasteiger partial charge is 0.273 e. The Bertz CT molecular complexity index is 369. The normalized spacial score (nSPS) is 15.2. The Balaban J connectivity index is 2.51. The third kappa shape index (κ3) is 1.60. The number of hydrogen-bond donors (Lipinski definition) is 0. The summed E-state index contributed by atoms with van der Waals surface area (Å²) >= 11 is 7.73. The van der Waals surface area contributed by atoms with Crippen molar-refractivity contribution < 1.29 is 9.53 Å². The van der Waals surface area contributed by atoms with Crippen LogP contribution in [0, 0.1) is 0 Å². The molecule has 1 aromatic rings. The second-order valence-corrected chi connectivity index (χ2v) is 3.98. The molecule has 0 fully saturated rings. The summed E-state index contributed by atoms with van der Waals surface area (Å²) in [4.78, 5) is 11.2. The molecule has 3 nitrogen and oxygen atoms in total. The maximum Gasteiger partial charge on any atom is 0.273 e. The highest BCUT2D eigenvalue weighted by molar-refractivity contribution is 14.1. The van der Waals surface area contributed by atoms with Crippen molar-refractivity contribution in [2.45, 2.75) is 0 Å². The molecule has 1 aliphatic heterocycles. The number of carbonyl (C=O) groups is 1. The summed E-state index contributed by atoms with van der Waals surface area (Å²) in [6.45, 7) is 0.0948. The van der Waals surface area contributed by atoms with E-state index in [1.54, 1.807) is 18.2 Å². The van der Waals surface area contributed by atoms with E-state index in [2.05, 4.69) is 0 Å². The molecule has 1 aromatic carbocycles. The van der Waals surface area contributed by atoms with Crippen molar-refractivity contribution in [1.82, 2.24) is 0 Å². The van der Waals surface area contributed by atoms with Gasteiger partial charge >= 0.3 is 0 Å². The van der Waals surface area contributed by atoms with E-state index in [1.807, 2.05) is 22.9 Å². The van der Waals surface area contributed by atoms with Crippen molar-refractivity contribution in [3.05, 3.63) is 23.2 Å². The molecule has 2 rings (SSSR count). The first-order valence-electron chi connectivity index (χ1n) is 3.59. The molecule has 68 valence electrons. The second-order valence-electron chi connectivity index (χ2n) is 2.58. The van der Waals surface area contributed by atoms with Gasteiger partial charge in [0.25, 0.3) is 5.91 Å². The summed E-state index contributed by atoms with van der Waals surface area (Å²) in [5, 5.41) is 0.596. The second kappa shape index (κ2) is 3.34. The highest BCUT2D eigenvalue weighted by Gasteiger charge is 2.23. The lowest BCUT2D eigenvalue weighted by atomic mass is 10.2. The van der Waals surface area contributed by atoms with Gasteiger partial charge in [-0.1, -0.05) is 11.6 Å². The number of carbonyl (C=O) groups excluding carboxylic acids is 1. The summed E-state index contributed by atoms with van der Waals surface area (Å²) in [6.07, 6.45) is 0. The monoisotopic (exact) mass is 309 g/mol. The van der Waals surface area contributed by atoms with Crippen LogP contribution in [-0.4, -0.2) is 12.5 Å². The van der Waals surface area contributed by atoms with E-state index in [0.29, 0.717) is 16.5 Å². The van der Waals surface area contributed by atoms with E-state index in [9.17, 15) is 4.79 Å². The molecule has 0 unspecified atom stereocenters. The van der Waals surface area contributed by atoms with Crippen molar-refractivity contribution in [2.75, 3.05) is 9.72 Å². The lowest BCUT2D eigenvalue weighted by Gasteiger charge is -2.23. The number of benzene rings is 1. The van der Waals surface area contributed by atoms with Gasteiger partial charge in [-0.2, -0.15) is 0 Å². The van der Waals surface area contributed by atoms with Gasteiger partial charge in [-0.25, -0.2) is 3.11 Å². The Morgan fingerprint density at radius 3 is 3.08 bits per heavy atom. The molecule has 0 radical (unpaired) electrons. The highest BCUT2D eigenvalue weighted by atomic mass is 127. The van der Waals surface area contributed by atoms with Crippen molar-refractivity contribution in [2.24, 2.45) is 0 Å². The van der Waals surface area contributed by atoms with Crippen LogP contribution in [0.4, 0.5) is 5.69 Å². The van der Waals surface area contributed by atoms with Gasteiger partial charge in [-0.3, -0.25) is 4.79 Å². The van der Waals surface area contributed by atoms with Gasteiger partial charge in [0, 0.05) is 5.02 Å². The molecule has 13 heavy (non-hydrogen) atoms. The molecule has 0 N–H and O–H groups in total. The van der Waals surface area contributed by atoms with Crippen LogP contribution in [0.2, 0.25) is 5.02 Å². The van der Waals surface area contributed by atoms with Gasteiger partial charge in [-0.15, -0.1) is 0 Å². The summed E-state index contributed by atoms with van der Waals surface area (Å²) < 4.78 is 6.72. The molecule has 1 aliphatic rings. The average molecular weight is 309 g/mol. The van der Waals surface area contributed by atoms with Crippen LogP contribution in [0.5, 0.6) is 5.75 Å². The van der Waals surface area contributed by atoms with E-state index in [4.69, 9.17) is 16.3 Å². The lowest BCUT2D eigenvalue weighted by Crippen LogP contribution is -2.30. The molecule has 0 saturated carbocycles. The van der Waals surface area contributed by atoms with Gasteiger partial charge < -0.3 is 4.74 Å². The maximum atomic E-state index is 11.2. The van der Waals surface area contributed by atoms with E-state index < -0.39 is 0 Å². The molecule has 1 amide bonds. The fraction of sp³-hybridized carbons (Fsp3) is 0.125. The van der Waals surface area contributed by atoms with Crippen molar-refractivity contribution in [3.63, 3.8) is 0 Å². The first kappa shape index (κ1) is 9.08. The van der Waals surface area contributed by atoms with Crippen LogP contribution in [0.3, 0.4) is 0 Å². The Labute approximate surface area is 94.1 Å². The zero-order valence-corrected chi connectivity index (χ0v) is 9.37. The predicted octanol–water partition coefficient (Wildman–Crippen LogP) is 2.42. The summed E-state index contributed by atoms with van der Waals surface area (Å²) in [5.74, 6) is 0.619. The third-order valence-corrected chi connectivity index (χ3v) is 3.00. The lowest BCUT2D eigenvalue weighted by molar-refractivity contribution is -0.119. The SMILES string of the molecule is O=C1COc2ccc(Cl)cc2N1I. The molecule has 0 bridgehead atoms. The minimum absolute atomic E-state index is 0.0737. The van der Waals surface area contributed by atoms with Crippen LogP contribution >= 0.6 is 34.5 Å². The van der Waals surface area contributed by atoms with E-state index in [1.165, 1.54) is 3.11 Å². The van der Waals surface area contributed by atoms with Crippen LogP contribution in [0.15, 0.2) is 18.2 Å². The largest absolute Gasteiger partial charge is 0.482 e. The molecule has 0 aliphatic carbocycles. The van der Waals surface area contributed by atoms with Crippen molar-refractivity contribution >= 4 is 46.1 Å². The van der Waals surface area contributed by atoms with Gasteiger partial charge in [0.2, 0.25) is 0 Å². The topological polar surface area (TPSA) is 29.5 Å². The minimum Gasteiger partial charge on any atom is -0.482 e. The molecule has 1 heterocycles. The number of ether oxygens (including phenoxy) is 1. The Morgan fingerprint density at radius 2 is 2.31 bits per heavy atom. The van der Waals surface area contributed by atoms with Crippen LogP contribution < -0.4 is 7.85 Å². The zero-order valence-electron chi connectivity index (χ0n) is 6.46. The zero-order chi connectivity index (χ0) is 9.42. The molecular formula is C8H5ClINO2. The number of anilines is 1. The molecule has 0 saturated heterocycles. The summed E-state index contributed by atoms with van der Waals surface area (Å²) in [6, 6.07) is 5.21. The average Bonchev–Trinajstić information content (AvgIpc) is 2.12. The van der Waals surface area contributed by atoms with E-state index >= 15 is 0 Å². The van der Waals surface area contributed by atoms with Gasteiger partial charge in [0.15, 0.2) is 6.61 Å². The maximum absolute atomic E-state index is 11.2. The number of hydrogen-bond acceptors (Lipinski definition) is 2. The molecule has 0 atom stereocenters. The van der Waals surface area contributed by atoms with Gasteiger partial charge in [-0.05, 0) is 18.2 Å². The van der Waals surface area contributed by atoms with Crippen LogP contribution in [0.1, 0.15) is 0 Å². The van der Waals surface area contributed by atoms with Gasteiger partial charge in [0.05, 0.1) is 28.6 Å². The fourth-order valence-electron chi connectivity index (χ4n) is 1.10. The fourth-order valence-corrected chi connectivity index (χ4v) is 1.78. The number of nitrogens with zero attached hydrogens (tertiary/aromatic N) is 1. The van der Waals surface area contributed by atoms with E-state index in [-0.39, 0.29) is 12.5 Å². The highest BCUT2D eigenvalue weighted by Crippen LogP contribution is 2.36. The van der Waals surface area contributed by atoms with Crippen molar-refractivity contribution in [1.29, 1.82) is 0 Å². The quantitative estimate of drug-likeness (QED) is 0.544. The minimum atomic E-state index is -0.0737. The van der Waals surface area contributed by atoms with Crippen LogP contribution in [0.25, 0.3) is 0 Å². The number of rotatable bonds is 0. The molecule has 0 aromatic heterocycles. The standard InChI is InChI=1S/C8H5ClINO2/c9-5-1-2-7-6(3-5)11(10)8(12)4-13-7/h1-3H,4H2. The molecule has 5 heteroatoms.